The predicted molar refractivity (Wildman–Crippen MR) is 75.3 cm³/mol. The highest BCUT2D eigenvalue weighted by atomic mass is 79.9. The van der Waals surface area contributed by atoms with Gasteiger partial charge < -0.3 is 16.4 Å². The number of nitrogens with one attached hydrogen (secondary N) is 2. The average Bonchev–Trinajstić information content (AvgIpc) is 2.36. The summed E-state index contributed by atoms with van der Waals surface area (Å²) in [6.45, 7) is -0.138. The molecule has 8 heteroatoms. The number of hydrogen-bond acceptors (Lipinski definition) is 3. The lowest BCUT2D eigenvalue weighted by molar-refractivity contribution is -0.125. The van der Waals surface area contributed by atoms with Gasteiger partial charge >= 0.3 is 0 Å². The molecular formula is C11H14BrClFN3O2. The van der Waals surface area contributed by atoms with E-state index in [1.165, 1.54) is 12.1 Å². The Labute approximate surface area is 124 Å². The molecule has 0 aliphatic carbocycles. The third-order valence-electron chi connectivity index (χ3n) is 2.12. The van der Waals surface area contributed by atoms with Gasteiger partial charge in [0.25, 0.3) is 0 Å². The van der Waals surface area contributed by atoms with Crippen LogP contribution < -0.4 is 16.4 Å². The fourth-order valence-corrected chi connectivity index (χ4v) is 1.57. The second kappa shape index (κ2) is 8.84. The molecular weight excluding hydrogens is 340 g/mol. The van der Waals surface area contributed by atoms with E-state index in [0.717, 1.165) is 0 Å². The third-order valence-corrected chi connectivity index (χ3v) is 2.89. The molecule has 0 bridgehead atoms. The van der Waals surface area contributed by atoms with Crippen molar-refractivity contribution < 1.29 is 14.0 Å². The Morgan fingerprint density at radius 1 is 1.26 bits per heavy atom. The van der Waals surface area contributed by atoms with Crippen LogP contribution in [-0.2, 0) is 16.1 Å². The fraction of sp³-hybridized carbons (Fsp3) is 0.273. The second-order valence-corrected chi connectivity index (χ2v) is 4.35. The molecule has 0 saturated carbocycles. The molecule has 0 radical (unpaired) electrons. The van der Waals surface area contributed by atoms with Crippen LogP contribution in [0.15, 0.2) is 22.7 Å². The number of carbonyl (C=O) groups is 2. The molecule has 0 aromatic heterocycles. The quantitative estimate of drug-likeness (QED) is 0.728. The topological polar surface area (TPSA) is 84.2 Å². The van der Waals surface area contributed by atoms with Crippen molar-refractivity contribution in [2.45, 2.75) is 6.54 Å². The zero-order valence-electron chi connectivity index (χ0n) is 9.91. The molecule has 0 atom stereocenters. The van der Waals surface area contributed by atoms with Crippen molar-refractivity contribution in [1.82, 2.24) is 10.6 Å². The largest absolute Gasteiger partial charge is 0.350 e. The standard InChI is InChI=1S/C11H13BrFN3O2.ClH/c12-9-2-1-8(13)3-7(9)5-15-11(18)6-16-10(17)4-14;/h1-3H,4-6,14H2,(H,15,18)(H,16,17);1H. The lowest BCUT2D eigenvalue weighted by atomic mass is 10.2. The number of halogens is 3. The average molecular weight is 355 g/mol. The Hall–Kier alpha value is -1.18. The number of hydrogen-bond donors (Lipinski definition) is 3. The van der Waals surface area contributed by atoms with Crippen LogP contribution in [-0.4, -0.2) is 24.9 Å². The van der Waals surface area contributed by atoms with Gasteiger partial charge in [-0.05, 0) is 23.8 Å². The van der Waals surface area contributed by atoms with Crippen molar-refractivity contribution in [3.05, 3.63) is 34.1 Å². The van der Waals surface area contributed by atoms with Gasteiger partial charge in [-0.15, -0.1) is 12.4 Å². The van der Waals surface area contributed by atoms with Crippen molar-refractivity contribution in [2.75, 3.05) is 13.1 Å². The van der Waals surface area contributed by atoms with Gasteiger partial charge in [-0.1, -0.05) is 15.9 Å². The van der Waals surface area contributed by atoms with Gasteiger partial charge in [-0.2, -0.15) is 0 Å². The van der Waals surface area contributed by atoms with Gasteiger partial charge in [-0.3, -0.25) is 9.59 Å². The molecule has 5 nitrogen and oxygen atoms in total. The molecule has 2 amide bonds. The van der Waals surface area contributed by atoms with Crippen molar-refractivity contribution in [2.24, 2.45) is 5.73 Å². The van der Waals surface area contributed by atoms with Crippen LogP contribution in [0.1, 0.15) is 5.56 Å². The summed E-state index contributed by atoms with van der Waals surface area (Å²) in [5, 5.41) is 4.89. The zero-order valence-corrected chi connectivity index (χ0v) is 12.3. The molecule has 19 heavy (non-hydrogen) atoms. The van der Waals surface area contributed by atoms with Crippen molar-refractivity contribution in [3.8, 4) is 0 Å². The summed E-state index contributed by atoms with van der Waals surface area (Å²) in [4.78, 5) is 22.2. The molecule has 0 heterocycles. The number of amides is 2. The molecule has 0 aliphatic rings. The van der Waals surface area contributed by atoms with E-state index >= 15 is 0 Å². The monoisotopic (exact) mass is 353 g/mol. The summed E-state index contributed by atoms with van der Waals surface area (Å²) in [5.41, 5.74) is 5.69. The lowest BCUT2D eigenvalue weighted by Gasteiger charge is -2.08. The van der Waals surface area contributed by atoms with Crippen molar-refractivity contribution in [3.63, 3.8) is 0 Å². The second-order valence-electron chi connectivity index (χ2n) is 3.49. The van der Waals surface area contributed by atoms with Gasteiger partial charge in [0, 0.05) is 11.0 Å². The molecule has 0 fully saturated rings. The normalized spacial score (nSPS) is 9.42. The van der Waals surface area contributed by atoms with E-state index in [9.17, 15) is 14.0 Å². The Kier molecular flexibility index (Phi) is 8.29. The number of benzene rings is 1. The Morgan fingerprint density at radius 3 is 2.58 bits per heavy atom. The van der Waals surface area contributed by atoms with Gasteiger partial charge in [0.1, 0.15) is 5.82 Å². The zero-order chi connectivity index (χ0) is 13.5. The van der Waals surface area contributed by atoms with Crippen LogP contribution in [0.25, 0.3) is 0 Å². The van der Waals surface area contributed by atoms with E-state index < -0.39 is 5.91 Å². The van der Waals surface area contributed by atoms with Crippen LogP contribution in [0.5, 0.6) is 0 Å². The summed E-state index contributed by atoms with van der Waals surface area (Å²) in [6.07, 6.45) is 0. The minimum absolute atomic E-state index is 0. The van der Waals surface area contributed by atoms with E-state index in [1.807, 2.05) is 0 Å². The molecule has 4 N–H and O–H groups in total. The van der Waals surface area contributed by atoms with Crippen LogP contribution in [0.3, 0.4) is 0 Å². The first-order valence-corrected chi connectivity index (χ1v) is 5.99. The Bertz CT molecular complexity index is 460. The minimum Gasteiger partial charge on any atom is -0.350 e. The number of carbonyl (C=O) groups excluding carboxylic acids is 2. The van der Waals surface area contributed by atoms with Crippen LogP contribution >= 0.6 is 28.3 Å². The van der Waals surface area contributed by atoms with Gasteiger partial charge in [-0.25, -0.2) is 4.39 Å². The Morgan fingerprint density at radius 2 is 1.95 bits per heavy atom. The fourth-order valence-electron chi connectivity index (χ4n) is 1.19. The highest BCUT2D eigenvalue weighted by molar-refractivity contribution is 9.10. The maximum absolute atomic E-state index is 13.0. The highest BCUT2D eigenvalue weighted by Crippen LogP contribution is 2.17. The van der Waals surface area contributed by atoms with E-state index in [1.54, 1.807) is 6.07 Å². The number of nitrogens with two attached hydrogens (primary N) is 1. The molecule has 0 unspecified atom stereocenters. The predicted octanol–water partition coefficient (Wildman–Crippen LogP) is 0.701. The van der Waals surface area contributed by atoms with Crippen LogP contribution in [0, 0.1) is 5.82 Å². The van der Waals surface area contributed by atoms with E-state index in [4.69, 9.17) is 5.73 Å². The first-order chi connectivity index (χ1) is 8.52. The minimum atomic E-state index is -0.405. The summed E-state index contributed by atoms with van der Waals surface area (Å²) < 4.78 is 13.7. The summed E-state index contributed by atoms with van der Waals surface area (Å²) >= 11 is 3.25. The molecule has 1 aromatic carbocycles. The molecule has 1 aromatic rings. The molecule has 1 rings (SSSR count). The summed E-state index contributed by atoms with van der Waals surface area (Å²) in [6, 6.07) is 4.20. The highest BCUT2D eigenvalue weighted by Gasteiger charge is 2.06. The first-order valence-electron chi connectivity index (χ1n) is 5.20. The molecule has 106 valence electrons. The number of rotatable bonds is 5. The van der Waals surface area contributed by atoms with E-state index in [-0.39, 0.29) is 43.8 Å². The first kappa shape index (κ1) is 17.8. The Balaban J connectivity index is 0.00000324. The van der Waals surface area contributed by atoms with E-state index in [2.05, 4.69) is 26.6 Å². The van der Waals surface area contributed by atoms with Crippen molar-refractivity contribution in [1.29, 1.82) is 0 Å². The van der Waals surface area contributed by atoms with Crippen LogP contribution in [0.4, 0.5) is 4.39 Å². The SMILES string of the molecule is Cl.NCC(=O)NCC(=O)NCc1cc(F)ccc1Br. The van der Waals surface area contributed by atoms with Gasteiger partial charge in [0.05, 0.1) is 13.1 Å². The molecule has 0 aliphatic heterocycles. The van der Waals surface area contributed by atoms with Gasteiger partial charge in [0.2, 0.25) is 11.8 Å². The third kappa shape index (κ3) is 6.51. The lowest BCUT2D eigenvalue weighted by Crippen LogP contribution is -2.39. The van der Waals surface area contributed by atoms with Crippen LogP contribution in [0.2, 0.25) is 0 Å². The van der Waals surface area contributed by atoms with E-state index in [0.29, 0.717) is 10.0 Å². The molecule has 0 spiro atoms. The maximum atomic E-state index is 13.0. The summed E-state index contributed by atoms with van der Waals surface area (Å²) in [5.74, 6) is -1.15. The van der Waals surface area contributed by atoms with Crippen molar-refractivity contribution >= 4 is 40.2 Å². The smallest absolute Gasteiger partial charge is 0.239 e. The summed E-state index contributed by atoms with van der Waals surface area (Å²) in [7, 11) is 0. The molecule has 0 saturated heterocycles. The maximum Gasteiger partial charge on any atom is 0.239 e. The van der Waals surface area contributed by atoms with Gasteiger partial charge in [0.15, 0.2) is 0 Å².